The fourth-order valence-electron chi connectivity index (χ4n) is 2.64. The van der Waals surface area contributed by atoms with E-state index in [2.05, 4.69) is 10.3 Å². The zero-order chi connectivity index (χ0) is 18.8. The number of halogens is 2. The summed E-state index contributed by atoms with van der Waals surface area (Å²) in [7, 11) is -3.90. The number of nitrogens with zero attached hydrogens (tertiary/aromatic N) is 2. The topological polar surface area (TPSA) is 79.4 Å². The number of benzene rings is 1. The Labute approximate surface area is 149 Å². The van der Waals surface area contributed by atoms with E-state index in [1.807, 2.05) is 0 Å². The van der Waals surface area contributed by atoms with Crippen LogP contribution in [0.25, 0.3) is 0 Å². The lowest BCUT2D eigenvalue weighted by Crippen LogP contribution is -2.42. The van der Waals surface area contributed by atoms with Gasteiger partial charge in [0, 0.05) is 44.0 Å². The van der Waals surface area contributed by atoms with Crippen molar-refractivity contribution in [3.63, 3.8) is 0 Å². The quantitative estimate of drug-likeness (QED) is 0.883. The first-order chi connectivity index (χ1) is 12.3. The van der Waals surface area contributed by atoms with Crippen LogP contribution < -0.4 is 5.32 Å². The summed E-state index contributed by atoms with van der Waals surface area (Å²) in [6.45, 7) is -0.469. The highest BCUT2D eigenvalue weighted by Crippen LogP contribution is 2.31. The second-order valence-corrected chi connectivity index (χ2v) is 7.92. The molecule has 0 saturated carbocycles. The van der Waals surface area contributed by atoms with Crippen molar-refractivity contribution in [2.45, 2.75) is 23.7 Å². The number of pyridine rings is 1. The Kier molecular flexibility index (Phi) is 5.01. The predicted molar refractivity (Wildman–Crippen MR) is 91.6 cm³/mol. The van der Waals surface area contributed by atoms with Gasteiger partial charge in [-0.3, -0.25) is 9.78 Å². The third-order valence-corrected chi connectivity index (χ3v) is 6.00. The fraction of sp³-hybridized carbons (Fsp3) is 0.294. The van der Waals surface area contributed by atoms with Gasteiger partial charge in [0.2, 0.25) is 10.0 Å². The first kappa shape index (κ1) is 18.4. The van der Waals surface area contributed by atoms with Crippen molar-refractivity contribution in [2.75, 3.05) is 18.4 Å². The van der Waals surface area contributed by atoms with Crippen LogP contribution in [0, 0.1) is 0 Å². The maximum Gasteiger partial charge on any atom is 0.257 e. The summed E-state index contributed by atoms with van der Waals surface area (Å²) < 4.78 is 52.9. The molecule has 1 amide bonds. The molecule has 0 atom stereocenters. The van der Waals surface area contributed by atoms with E-state index in [-0.39, 0.29) is 18.0 Å². The normalized spacial score (nSPS) is 17.6. The van der Waals surface area contributed by atoms with Crippen molar-refractivity contribution < 1.29 is 22.0 Å². The van der Waals surface area contributed by atoms with E-state index in [1.165, 1.54) is 30.6 Å². The molecule has 1 saturated heterocycles. The summed E-state index contributed by atoms with van der Waals surface area (Å²) in [6.07, 6.45) is 1.93. The summed E-state index contributed by atoms with van der Waals surface area (Å²) in [4.78, 5) is 16.0. The summed E-state index contributed by atoms with van der Waals surface area (Å²) in [5.74, 6) is -3.25. The monoisotopic (exact) mass is 381 g/mol. The zero-order valence-corrected chi connectivity index (χ0v) is 14.5. The van der Waals surface area contributed by atoms with Gasteiger partial charge in [-0.1, -0.05) is 6.07 Å². The second kappa shape index (κ2) is 7.08. The third-order valence-electron chi connectivity index (χ3n) is 4.11. The number of amides is 1. The molecule has 1 fully saturated rings. The molecule has 1 aromatic carbocycles. The van der Waals surface area contributed by atoms with Gasteiger partial charge in [-0.05, 0) is 30.3 Å². The van der Waals surface area contributed by atoms with Gasteiger partial charge in [0.15, 0.2) is 0 Å². The molecule has 1 N–H and O–H groups in total. The van der Waals surface area contributed by atoms with E-state index in [1.54, 1.807) is 18.2 Å². The van der Waals surface area contributed by atoms with Crippen LogP contribution in [-0.2, 0) is 10.0 Å². The van der Waals surface area contributed by atoms with E-state index in [4.69, 9.17) is 0 Å². The first-order valence-electron chi connectivity index (χ1n) is 7.97. The highest BCUT2D eigenvalue weighted by molar-refractivity contribution is 7.89. The van der Waals surface area contributed by atoms with Crippen molar-refractivity contribution in [3.8, 4) is 0 Å². The van der Waals surface area contributed by atoms with Crippen LogP contribution in [0.2, 0.25) is 0 Å². The minimum Gasteiger partial charge on any atom is -0.322 e. The van der Waals surface area contributed by atoms with Crippen LogP contribution in [0.15, 0.2) is 53.7 Å². The van der Waals surface area contributed by atoms with Crippen LogP contribution in [0.3, 0.4) is 0 Å². The number of aromatic nitrogens is 1. The molecule has 0 unspecified atom stereocenters. The Hall–Kier alpha value is -2.39. The Balaban J connectivity index is 1.77. The molecule has 1 aromatic heterocycles. The molecule has 0 radical (unpaired) electrons. The summed E-state index contributed by atoms with van der Waals surface area (Å²) in [5, 5.41) is 2.60. The molecule has 1 aliphatic heterocycles. The van der Waals surface area contributed by atoms with Gasteiger partial charge >= 0.3 is 0 Å². The van der Waals surface area contributed by atoms with Crippen LogP contribution in [0.1, 0.15) is 23.2 Å². The highest BCUT2D eigenvalue weighted by atomic mass is 32.2. The van der Waals surface area contributed by atoms with Crippen LogP contribution in [0.5, 0.6) is 0 Å². The number of sulfonamides is 1. The minimum absolute atomic E-state index is 0.0493. The average molecular weight is 381 g/mol. The maximum absolute atomic E-state index is 13.3. The van der Waals surface area contributed by atoms with Crippen molar-refractivity contribution in [1.29, 1.82) is 0 Å². The average Bonchev–Trinajstić information content (AvgIpc) is 2.62. The van der Waals surface area contributed by atoms with E-state index in [0.29, 0.717) is 11.3 Å². The van der Waals surface area contributed by atoms with Crippen LogP contribution >= 0.6 is 0 Å². The number of rotatable bonds is 4. The molecule has 0 bridgehead atoms. The summed E-state index contributed by atoms with van der Waals surface area (Å²) in [5.41, 5.74) is 0.626. The van der Waals surface area contributed by atoms with E-state index >= 15 is 0 Å². The van der Waals surface area contributed by atoms with E-state index in [9.17, 15) is 22.0 Å². The highest BCUT2D eigenvalue weighted by Gasteiger charge is 2.38. The lowest BCUT2D eigenvalue weighted by molar-refractivity contribution is -0.0412. The lowest BCUT2D eigenvalue weighted by Gasteiger charge is -2.30. The molecule has 3 rings (SSSR count). The molecule has 9 heteroatoms. The van der Waals surface area contributed by atoms with Crippen molar-refractivity contribution in [3.05, 3.63) is 54.4 Å². The number of hydrogen-bond acceptors (Lipinski definition) is 4. The predicted octanol–water partition coefficient (Wildman–Crippen LogP) is 2.75. The minimum atomic E-state index is -3.90. The van der Waals surface area contributed by atoms with Gasteiger partial charge in [0.25, 0.3) is 11.8 Å². The number of carbonyl (C=O) groups excluding carboxylic acids is 1. The van der Waals surface area contributed by atoms with E-state index < -0.39 is 34.7 Å². The van der Waals surface area contributed by atoms with Gasteiger partial charge < -0.3 is 5.32 Å². The van der Waals surface area contributed by atoms with Gasteiger partial charge in [-0.2, -0.15) is 4.31 Å². The summed E-state index contributed by atoms with van der Waals surface area (Å²) in [6, 6.07) is 8.93. The molecule has 6 nitrogen and oxygen atoms in total. The molecule has 2 aromatic rings. The van der Waals surface area contributed by atoms with Crippen LogP contribution in [0.4, 0.5) is 14.5 Å². The third kappa shape index (κ3) is 4.05. The number of nitrogens with one attached hydrogen (secondary N) is 1. The number of anilines is 1. The molecule has 0 spiro atoms. The van der Waals surface area contributed by atoms with Crippen LogP contribution in [-0.4, -0.2) is 42.6 Å². The molecule has 26 heavy (non-hydrogen) atoms. The SMILES string of the molecule is O=C(Nc1cccc(S(=O)(=O)N2CCC(F)(F)CC2)c1)c1cccnc1. The molecule has 2 heterocycles. The molecule has 138 valence electrons. The molecular formula is C17H17F2N3O3S. The van der Waals surface area contributed by atoms with Gasteiger partial charge in [-0.25, -0.2) is 17.2 Å². The van der Waals surface area contributed by atoms with Crippen molar-refractivity contribution in [1.82, 2.24) is 9.29 Å². The van der Waals surface area contributed by atoms with Gasteiger partial charge in [0.05, 0.1) is 10.5 Å². The van der Waals surface area contributed by atoms with Gasteiger partial charge in [-0.15, -0.1) is 0 Å². The van der Waals surface area contributed by atoms with Crippen molar-refractivity contribution in [2.24, 2.45) is 0 Å². The Morgan fingerprint density at radius 2 is 1.88 bits per heavy atom. The summed E-state index contributed by atoms with van der Waals surface area (Å²) >= 11 is 0. The zero-order valence-electron chi connectivity index (χ0n) is 13.7. The number of hydrogen-bond donors (Lipinski definition) is 1. The smallest absolute Gasteiger partial charge is 0.257 e. The fourth-order valence-corrected chi connectivity index (χ4v) is 4.13. The van der Waals surface area contributed by atoms with Gasteiger partial charge in [0.1, 0.15) is 0 Å². The lowest BCUT2D eigenvalue weighted by atomic mass is 10.1. The second-order valence-electron chi connectivity index (χ2n) is 5.98. The first-order valence-corrected chi connectivity index (χ1v) is 9.41. The number of carbonyl (C=O) groups is 1. The molecule has 1 aliphatic rings. The largest absolute Gasteiger partial charge is 0.322 e. The molecular weight excluding hydrogens is 364 g/mol. The number of alkyl halides is 2. The molecule has 0 aliphatic carbocycles. The number of piperidine rings is 1. The van der Waals surface area contributed by atoms with E-state index in [0.717, 1.165) is 4.31 Å². The Morgan fingerprint density at radius 3 is 2.54 bits per heavy atom. The Morgan fingerprint density at radius 1 is 1.15 bits per heavy atom. The Bertz CT molecular complexity index is 894. The van der Waals surface area contributed by atoms with Crippen molar-refractivity contribution >= 4 is 21.6 Å². The standard InChI is InChI=1S/C17H17F2N3O3S/c18-17(19)6-9-22(10-7-17)26(24,25)15-5-1-4-14(11-15)21-16(23)13-3-2-8-20-12-13/h1-5,8,11-12H,6-7,9-10H2,(H,21,23). The maximum atomic E-state index is 13.3.